The van der Waals surface area contributed by atoms with Crippen LogP contribution in [0.2, 0.25) is 5.02 Å². The van der Waals surface area contributed by atoms with Crippen molar-refractivity contribution in [3.05, 3.63) is 22.7 Å². The molecule has 1 aromatic rings. The van der Waals surface area contributed by atoms with Crippen LogP contribution in [0.15, 0.2) is 12.1 Å². The molecule has 0 aliphatic rings. The highest BCUT2D eigenvalue weighted by Crippen LogP contribution is 2.33. The van der Waals surface area contributed by atoms with Crippen molar-refractivity contribution < 1.29 is 14.6 Å². The number of benzene rings is 1. The molecule has 0 aromatic heterocycles. The van der Waals surface area contributed by atoms with E-state index >= 15 is 0 Å². The van der Waals surface area contributed by atoms with Crippen molar-refractivity contribution in [2.45, 2.75) is 33.4 Å². The first-order chi connectivity index (χ1) is 9.85. The number of phenols is 1. The number of rotatable bonds is 7. The molecular formula is C15H23ClN2O3. The first kappa shape index (κ1) is 17.6. The van der Waals surface area contributed by atoms with Gasteiger partial charge in [-0.05, 0) is 18.9 Å². The number of hydrogen-bond donors (Lipinski definition) is 3. The molecule has 1 atom stereocenters. The zero-order chi connectivity index (χ0) is 16.0. The molecule has 3 N–H and O–H groups in total. The zero-order valence-electron chi connectivity index (χ0n) is 12.9. The highest BCUT2D eigenvalue weighted by atomic mass is 35.5. The van der Waals surface area contributed by atoms with Crippen molar-refractivity contribution in [3.8, 4) is 11.5 Å². The number of methoxy groups -OCH3 is 1. The average molecular weight is 315 g/mol. The minimum absolute atomic E-state index is 0.0317. The van der Waals surface area contributed by atoms with E-state index in [1.807, 2.05) is 13.8 Å². The summed E-state index contributed by atoms with van der Waals surface area (Å²) in [4.78, 5) is 11.9. The highest BCUT2D eigenvalue weighted by molar-refractivity contribution is 6.30. The Labute approximate surface area is 130 Å². The molecule has 0 radical (unpaired) electrons. The van der Waals surface area contributed by atoms with E-state index < -0.39 is 0 Å². The van der Waals surface area contributed by atoms with Gasteiger partial charge in [0, 0.05) is 29.7 Å². The van der Waals surface area contributed by atoms with Crippen LogP contribution in [0.25, 0.3) is 0 Å². The molecule has 0 saturated heterocycles. The van der Waals surface area contributed by atoms with Crippen LogP contribution in [0.1, 0.15) is 26.3 Å². The van der Waals surface area contributed by atoms with Gasteiger partial charge in [0.15, 0.2) is 11.5 Å². The van der Waals surface area contributed by atoms with Gasteiger partial charge in [-0.2, -0.15) is 0 Å². The van der Waals surface area contributed by atoms with E-state index in [1.54, 1.807) is 19.1 Å². The number of aromatic hydroxyl groups is 1. The fourth-order valence-electron chi connectivity index (χ4n) is 1.73. The molecule has 1 amide bonds. The molecule has 0 aliphatic carbocycles. The topological polar surface area (TPSA) is 70.6 Å². The summed E-state index contributed by atoms with van der Waals surface area (Å²) in [7, 11) is 1.46. The molecule has 0 fully saturated rings. The Balaban J connectivity index is 2.62. The SMILES string of the molecule is COc1cc(Cl)cc(CNC(C)C(=O)NCC(C)C)c1O. The predicted octanol–water partition coefficient (Wildman–Crippen LogP) is 2.30. The summed E-state index contributed by atoms with van der Waals surface area (Å²) in [6.45, 7) is 6.80. The summed E-state index contributed by atoms with van der Waals surface area (Å²) in [5.41, 5.74) is 0.586. The van der Waals surface area contributed by atoms with Crippen LogP contribution in [0.4, 0.5) is 0 Å². The second-order valence-corrected chi connectivity index (χ2v) is 5.79. The molecule has 6 heteroatoms. The number of amides is 1. The Morgan fingerprint density at radius 2 is 2.05 bits per heavy atom. The van der Waals surface area contributed by atoms with Crippen molar-refractivity contribution in [1.29, 1.82) is 0 Å². The quantitative estimate of drug-likeness (QED) is 0.722. The smallest absolute Gasteiger partial charge is 0.236 e. The van der Waals surface area contributed by atoms with Gasteiger partial charge in [0.05, 0.1) is 13.2 Å². The molecule has 0 heterocycles. The average Bonchev–Trinajstić information content (AvgIpc) is 2.44. The molecular weight excluding hydrogens is 292 g/mol. The first-order valence-corrected chi connectivity index (χ1v) is 7.29. The monoisotopic (exact) mass is 314 g/mol. The van der Waals surface area contributed by atoms with Crippen LogP contribution >= 0.6 is 11.6 Å². The Bertz CT molecular complexity index is 492. The minimum Gasteiger partial charge on any atom is -0.504 e. The van der Waals surface area contributed by atoms with Crippen LogP contribution in [-0.2, 0) is 11.3 Å². The first-order valence-electron chi connectivity index (χ1n) is 6.91. The fourth-order valence-corrected chi connectivity index (χ4v) is 1.96. The van der Waals surface area contributed by atoms with Crippen LogP contribution in [-0.4, -0.2) is 30.7 Å². The van der Waals surface area contributed by atoms with E-state index in [0.717, 1.165) is 0 Å². The number of hydrogen-bond acceptors (Lipinski definition) is 4. The summed E-state index contributed by atoms with van der Waals surface area (Å²) in [5.74, 6) is 0.681. The molecule has 21 heavy (non-hydrogen) atoms. The third-order valence-corrected chi connectivity index (χ3v) is 3.23. The van der Waals surface area contributed by atoms with Gasteiger partial charge in [0.1, 0.15) is 0 Å². The maximum atomic E-state index is 11.9. The summed E-state index contributed by atoms with van der Waals surface area (Å²) in [6, 6.07) is 2.82. The summed E-state index contributed by atoms with van der Waals surface area (Å²) >= 11 is 5.96. The molecule has 5 nitrogen and oxygen atoms in total. The molecule has 1 unspecified atom stereocenters. The summed E-state index contributed by atoms with van der Waals surface area (Å²) in [6.07, 6.45) is 0. The summed E-state index contributed by atoms with van der Waals surface area (Å²) < 4.78 is 5.04. The van der Waals surface area contributed by atoms with Gasteiger partial charge in [-0.3, -0.25) is 4.79 Å². The minimum atomic E-state index is -0.367. The number of carbonyl (C=O) groups is 1. The van der Waals surface area contributed by atoms with Crippen molar-refractivity contribution in [1.82, 2.24) is 10.6 Å². The van der Waals surface area contributed by atoms with Crippen molar-refractivity contribution in [2.24, 2.45) is 5.92 Å². The maximum Gasteiger partial charge on any atom is 0.236 e. The largest absolute Gasteiger partial charge is 0.504 e. The van der Waals surface area contributed by atoms with Gasteiger partial charge in [0.25, 0.3) is 0 Å². The van der Waals surface area contributed by atoms with Gasteiger partial charge in [-0.15, -0.1) is 0 Å². The van der Waals surface area contributed by atoms with E-state index in [9.17, 15) is 9.90 Å². The molecule has 0 bridgehead atoms. The third kappa shape index (κ3) is 5.44. The zero-order valence-corrected chi connectivity index (χ0v) is 13.6. The van der Waals surface area contributed by atoms with Crippen LogP contribution < -0.4 is 15.4 Å². The van der Waals surface area contributed by atoms with Crippen LogP contribution in [0, 0.1) is 5.92 Å². The van der Waals surface area contributed by atoms with Gasteiger partial charge in [0.2, 0.25) is 5.91 Å². The van der Waals surface area contributed by atoms with Gasteiger partial charge < -0.3 is 20.5 Å². The molecule has 1 rings (SSSR count). The fraction of sp³-hybridized carbons (Fsp3) is 0.533. The molecule has 118 valence electrons. The number of nitrogens with one attached hydrogen (secondary N) is 2. The normalized spacial score (nSPS) is 12.3. The highest BCUT2D eigenvalue weighted by Gasteiger charge is 2.15. The lowest BCUT2D eigenvalue weighted by atomic mass is 10.1. The van der Waals surface area contributed by atoms with Gasteiger partial charge in [-0.1, -0.05) is 25.4 Å². The Morgan fingerprint density at radius 3 is 2.62 bits per heavy atom. The van der Waals surface area contributed by atoms with E-state index in [4.69, 9.17) is 16.3 Å². The molecule has 0 aliphatic heterocycles. The van der Waals surface area contributed by atoms with Gasteiger partial charge >= 0.3 is 0 Å². The lowest BCUT2D eigenvalue weighted by molar-refractivity contribution is -0.122. The molecule has 0 spiro atoms. The number of phenolic OH excluding ortho intramolecular Hbond substituents is 1. The Hall–Kier alpha value is -1.46. The number of ether oxygens (including phenoxy) is 1. The van der Waals surface area contributed by atoms with E-state index in [0.29, 0.717) is 35.3 Å². The molecule has 0 saturated carbocycles. The second kappa shape index (κ2) is 8.10. The maximum absolute atomic E-state index is 11.9. The lowest BCUT2D eigenvalue weighted by Gasteiger charge is -2.16. The predicted molar refractivity (Wildman–Crippen MR) is 83.8 cm³/mol. The van der Waals surface area contributed by atoms with Crippen LogP contribution in [0.5, 0.6) is 11.5 Å². The van der Waals surface area contributed by atoms with Crippen molar-refractivity contribution in [2.75, 3.05) is 13.7 Å². The number of carbonyl (C=O) groups excluding carboxylic acids is 1. The number of halogens is 1. The van der Waals surface area contributed by atoms with Gasteiger partial charge in [-0.25, -0.2) is 0 Å². The van der Waals surface area contributed by atoms with E-state index in [2.05, 4.69) is 10.6 Å². The molecule has 1 aromatic carbocycles. The lowest BCUT2D eigenvalue weighted by Crippen LogP contribution is -2.42. The van der Waals surface area contributed by atoms with Crippen LogP contribution in [0.3, 0.4) is 0 Å². The second-order valence-electron chi connectivity index (χ2n) is 5.36. The standard InChI is InChI=1S/C15H23ClN2O3/c1-9(2)7-18-15(20)10(3)17-8-11-5-12(16)6-13(21-4)14(11)19/h5-6,9-10,17,19H,7-8H2,1-4H3,(H,18,20). The third-order valence-electron chi connectivity index (χ3n) is 3.02. The van der Waals surface area contributed by atoms with E-state index in [-0.39, 0.29) is 17.7 Å². The van der Waals surface area contributed by atoms with Crippen molar-refractivity contribution in [3.63, 3.8) is 0 Å². The van der Waals surface area contributed by atoms with E-state index in [1.165, 1.54) is 7.11 Å². The summed E-state index contributed by atoms with van der Waals surface area (Å²) in [5, 5.41) is 16.4. The Kier molecular flexibility index (Phi) is 6.78. The Morgan fingerprint density at radius 1 is 1.38 bits per heavy atom. The van der Waals surface area contributed by atoms with Crippen molar-refractivity contribution >= 4 is 17.5 Å².